The first kappa shape index (κ1) is 14.4. The molecule has 0 aliphatic heterocycles. The molecule has 0 radical (unpaired) electrons. The number of aromatic nitrogens is 3. The predicted molar refractivity (Wildman–Crippen MR) is 74.6 cm³/mol. The lowest BCUT2D eigenvalue weighted by Crippen LogP contribution is -2.40. The second-order valence-corrected chi connectivity index (χ2v) is 7.54. The fourth-order valence-electron chi connectivity index (χ4n) is 1.63. The summed E-state index contributed by atoms with van der Waals surface area (Å²) in [6.07, 6.45) is 2.32. The van der Waals surface area contributed by atoms with E-state index in [0.717, 1.165) is 6.26 Å². The van der Waals surface area contributed by atoms with Crippen LogP contribution in [0.2, 0.25) is 0 Å². The Balaban J connectivity index is 2.52. The number of hydrogen-bond acceptors (Lipinski definition) is 5. The summed E-state index contributed by atoms with van der Waals surface area (Å²) >= 11 is 0. The van der Waals surface area contributed by atoms with Gasteiger partial charge in [0.25, 0.3) is 0 Å². The number of Topliss-reactive ketones (excluding diaryl/α,β-unsaturated/α-hetero) is 1. The van der Waals surface area contributed by atoms with Crippen LogP contribution in [-0.4, -0.2) is 40.2 Å². The summed E-state index contributed by atoms with van der Waals surface area (Å²) in [5, 5.41) is 7.57. The third-order valence-electron chi connectivity index (χ3n) is 3.26. The van der Waals surface area contributed by atoms with Crippen LogP contribution in [0.4, 0.5) is 0 Å². The van der Waals surface area contributed by atoms with Crippen LogP contribution in [0.5, 0.6) is 0 Å². The average Bonchev–Trinajstić information content (AvgIpc) is 2.86. The molecule has 0 N–H and O–H groups in total. The molecule has 2 aromatic rings. The highest BCUT2D eigenvalue weighted by molar-refractivity contribution is 7.92. The van der Waals surface area contributed by atoms with Crippen LogP contribution in [-0.2, 0) is 9.84 Å². The molecule has 0 atom stereocenters. The molecule has 0 bridgehead atoms. The first-order valence-corrected chi connectivity index (χ1v) is 7.85. The maximum Gasteiger partial charge on any atom is 0.203 e. The molecule has 20 heavy (non-hydrogen) atoms. The van der Waals surface area contributed by atoms with E-state index in [1.165, 1.54) is 24.7 Å². The van der Waals surface area contributed by atoms with E-state index >= 15 is 0 Å². The van der Waals surface area contributed by atoms with E-state index in [4.69, 9.17) is 0 Å². The van der Waals surface area contributed by atoms with Crippen LogP contribution in [0.1, 0.15) is 24.3 Å². The molecule has 2 rings (SSSR count). The second-order valence-electron chi connectivity index (χ2n) is 4.98. The Morgan fingerprint density at radius 1 is 1.20 bits per heavy atom. The minimum absolute atomic E-state index is 0.145. The molecule has 7 heteroatoms. The number of nitrogens with zero attached hydrogens (tertiary/aromatic N) is 3. The Hall–Kier alpha value is -2.02. The molecule has 106 valence electrons. The number of benzene rings is 1. The zero-order chi connectivity index (χ0) is 15.0. The molecule has 0 fully saturated rings. The summed E-state index contributed by atoms with van der Waals surface area (Å²) in [7, 11) is -3.55. The van der Waals surface area contributed by atoms with Crippen molar-refractivity contribution in [1.29, 1.82) is 0 Å². The Labute approximate surface area is 117 Å². The second kappa shape index (κ2) is 4.82. The Morgan fingerprint density at radius 2 is 1.80 bits per heavy atom. The van der Waals surface area contributed by atoms with Gasteiger partial charge >= 0.3 is 0 Å². The molecule has 0 unspecified atom stereocenters. The van der Waals surface area contributed by atoms with Crippen molar-refractivity contribution in [2.45, 2.75) is 18.6 Å². The van der Waals surface area contributed by atoms with Crippen molar-refractivity contribution in [3.05, 3.63) is 42.2 Å². The number of carbonyl (C=O) groups excluding carboxylic acids is 1. The fourth-order valence-corrected chi connectivity index (χ4v) is 2.07. The van der Waals surface area contributed by atoms with Crippen molar-refractivity contribution < 1.29 is 13.2 Å². The number of sulfone groups is 1. The monoisotopic (exact) mass is 293 g/mol. The van der Waals surface area contributed by atoms with Gasteiger partial charge in [-0.1, -0.05) is 23.4 Å². The van der Waals surface area contributed by atoms with Gasteiger partial charge in [-0.2, -0.15) is 0 Å². The van der Waals surface area contributed by atoms with Crippen molar-refractivity contribution in [1.82, 2.24) is 15.0 Å². The van der Waals surface area contributed by atoms with Crippen LogP contribution in [0.3, 0.4) is 0 Å². The van der Waals surface area contributed by atoms with Gasteiger partial charge in [0, 0.05) is 6.26 Å². The summed E-state index contributed by atoms with van der Waals surface area (Å²) in [6.45, 7) is 2.76. The minimum Gasteiger partial charge on any atom is -0.291 e. The van der Waals surface area contributed by atoms with E-state index in [9.17, 15) is 13.2 Å². The third-order valence-corrected chi connectivity index (χ3v) is 5.30. The van der Waals surface area contributed by atoms with E-state index < -0.39 is 20.4 Å². The number of para-hydroxylation sites is 1. The molecule has 0 spiro atoms. The Bertz CT molecular complexity index is 733. The van der Waals surface area contributed by atoms with Crippen molar-refractivity contribution in [2.75, 3.05) is 6.26 Å². The van der Waals surface area contributed by atoms with Crippen LogP contribution >= 0.6 is 0 Å². The van der Waals surface area contributed by atoms with Crippen molar-refractivity contribution in [2.24, 2.45) is 0 Å². The quantitative estimate of drug-likeness (QED) is 0.793. The molecule has 6 nitrogen and oxygen atoms in total. The van der Waals surface area contributed by atoms with Crippen molar-refractivity contribution in [3.8, 4) is 5.69 Å². The molecular weight excluding hydrogens is 278 g/mol. The summed E-state index contributed by atoms with van der Waals surface area (Å²) in [4.78, 5) is 12.5. The lowest BCUT2D eigenvalue weighted by atomic mass is 10.1. The van der Waals surface area contributed by atoms with Crippen LogP contribution < -0.4 is 0 Å². The number of carbonyl (C=O) groups is 1. The van der Waals surface area contributed by atoms with Gasteiger partial charge in [0.2, 0.25) is 5.78 Å². The van der Waals surface area contributed by atoms with Gasteiger partial charge < -0.3 is 0 Å². The highest BCUT2D eigenvalue weighted by atomic mass is 32.2. The number of rotatable bonds is 4. The molecule has 0 aliphatic rings. The zero-order valence-electron chi connectivity index (χ0n) is 11.4. The van der Waals surface area contributed by atoms with E-state index in [0.29, 0.717) is 5.69 Å². The molecule has 0 amide bonds. The SMILES string of the molecule is CC(C)(C(=O)c1cnnn1-c1ccccc1)S(C)(=O)=O. The lowest BCUT2D eigenvalue weighted by molar-refractivity contribution is 0.0946. The standard InChI is InChI=1S/C13H15N3O3S/c1-13(2,20(3,18)19)12(17)11-9-14-15-16(11)10-7-5-4-6-8-10/h4-9H,1-3H3. The van der Waals surface area contributed by atoms with Crippen molar-refractivity contribution in [3.63, 3.8) is 0 Å². The average molecular weight is 293 g/mol. The van der Waals surface area contributed by atoms with Gasteiger partial charge in [0.1, 0.15) is 10.4 Å². The van der Waals surface area contributed by atoms with Crippen LogP contribution in [0.15, 0.2) is 36.5 Å². The summed E-state index contributed by atoms with van der Waals surface area (Å²) in [5.41, 5.74) is 0.796. The molecule has 0 saturated carbocycles. The first-order chi connectivity index (χ1) is 9.25. The lowest BCUT2D eigenvalue weighted by Gasteiger charge is -2.20. The first-order valence-electron chi connectivity index (χ1n) is 5.95. The molecule has 1 aromatic carbocycles. The molecular formula is C13H15N3O3S. The maximum atomic E-state index is 12.5. The summed E-state index contributed by atoms with van der Waals surface area (Å²) in [6, 6.07) is 8.96. The fraction of sp³-hybridized carbons (Fsp3) is 0.308. The van der Waals surface area contributed by atoms with E-state index in [1.807, 2.05) is 6.07 Å². The largest absolute Gasteiger partial charge is 0.291 e. The van der Waals surface area contributed by atoms with Gasteiger partial charge in [0.05, 0.1) is 11.9 Å². The van der Waals surface area contributed by atoms with Crippen LogP contribution in [0, 0.1) is 0 Å². The highest BCUT2D eigenvalue weighted by Gasteiger charge is 2.40. The third kappa shape index (κ3) is 2.36. The summed E-state index contributed by atoms with van der Waals surface area (Å²) in [5.74, 6) is -0.533. The van der Waals surface area contributed by atoms with Gasteiger partial charge in [-0.25, -0.2) is 13.1 Å². The van der Waals surface area contributed by atoms with Gasteiger partial charge in [-0.3, -0.25) is 4.79 Å². The van der Waals surface area contributed by atoms with E-state index in [2.05, 4.69) is 10.3 Å². The predicted octanol–water partition coefficient (Wildman–Crippen LogP) is 1.27. The van der Waals surface area contributed by atoms with Gasteiger partial charge in [-0.15, -0.1) is 5.10 Å². The minimum atomic E-state index is -3.55. The molecule has 0 aliphatic carbocycles. The highest BCUT2D eigenvalue weighted by Crippen LogP contribution is 2.22. The number of ketones is 1. The number of hydrogen-bond donors (Lipinski definition) is 0. The topological polar surface area (TPSA) is 81.9 Å². The zero-order valence-corrected chi connectivity index (χ0v) is 12.3. The van der Waals surface area contributed by atoms with Gasteiger partial charge in [-0.05, 0) is 26.0 Å². The van der Waals surface area contributed by atoms with Gasteiger partial charge in [0.15, 0.2) is 9.84 Å². The Morgan fingerprint density at radius 3 is 2.35 bits per heavy atom. The van der Waals surface area contributed by atoms with Crippen LogP contribution in [0.25, 0.3) is 5.69 Å². The van der Waals surface area contributed by atoms with E-state index in [1.54, 1.807) is 24.3 Å². The van der Waals surface area contributed by atoms with E-state index in [-0.39, 0.29) is 5.69 Å². The maximum absolute atomic E-state index is 12.5. The summed E-state index contributed by atoms with van der Waals surface area (Å²) < 4.78 is 23.3. The molecule has 1 heterocycles. The molecule has 1 aromatic heterocycles. The van der Waals surface area contributed by atoms with Crippen molar-refractivity contribution >= 4 is 15.6 Å². The normalized spacial score (nSPS) is 12.3. The smallest absolute Gasteiger partial charge is 0.203 e. The molecule has 0 saturated heterocycles. The Kier molecular flexibility index (Phi) is 3.47.